The van der Waals surface area contributed by atoms with Gasteiger partial charge in [-0.3, -0.25) is 0 Å². The number of rotatable bonds is 5. The Bertz CT molecular complexity index is 139. The van der Waals surface area contributed by atoms with E-state index in [1.807, 2.05) is 0 Å². The van der Waals surface area contributed by atoms with Crippen LogP contribution in [0.15, 0.2) is 0 Å². The van der Waals surface area contributed by atoms with E-state index in [1.54, 1.807) is 0 Å². The molecule has 0 bridgehead atoms. The van der Waals surface area contributed by atoms with Crippen LogP contribution in [0, 0.1) is 11.8 Å². The van der Waals surface area contributed by atoms with Gasteiger partial charge < -0.3 is 5.32 Å². The van der Waals surface area contributed by atoms with Crippen LogP contribution >= 0.6 is 0 Å². The average molecular weight is 201 g/mol. The van der Waals surface area contributed by atoms with Gasteiger partial charge in [0.05, 0.1) is 0 Å². The van der Waals surface area contributed by atoms with Gasteiger partial charge in [0.2, 0.25) is 0 Å². The monoisotopic (exact) mass is 201 g/mol. The maximum absolute atomic E-state index is 13.9. The molecular formula is C12H24FN. The fourth-order valence-electron chi connectivity index (χ4n) is 2.32. The normalized spacial score (nSPS) is 25.3. The van der Waals surface area contributed by atoms with Crippen molar-refractivity contribution in [3.05, 3.63) is 0 Å². The van der Waals surface area contributed by atoms with Crippen LogP contribution in [0.25, 0.3) is 0 Å². The lowest BCUT2D eigenvalue weighted by molar-refractivity contribution is 0.156. The largest absolute Gasteiger partial charge is 0.316 e. The van der Waals surface area contributed by atoms with Gasteiger partial charge in [-0.05, 0) is 31.7 Å². The summed E-state index contributed by atoms with van der Waals surface area (Å²) in [4.78, 5) is 0. The molecule has 1 saturated heterocycles. The molecular weight excluding hydrogens is 177 g/mol. The molecule has 1 rings (SSSR count). The molecule has 1 aliphatic heterocycles. The molecule has 2 unspecified atom stereocenters. The highest BCUT2D eigenvalue weighted by Crippen LogP contribution is 2.25. The first kappa shape index (κ1) is 12.0. The molecule has 2 heteroatoms. The molecule has 0 saturated carbocycles. The minimum Gasteiger partial charge on any atom is -0.316 e. The van der Waals surface area contributed by atoms with Crippen molar-refractivity contribution in [2.24, 2.45) is 11.8 Å². The Morgan fingerprint density at radius 2 is 2.07 bits per heavy atom. The van der Waals surface area contributed by atoms with Gasteiger partial charge in [0.25, 0.3) is 0 Å². The molecule has 1 nitrogen and oxygen atoms in total. The van der Waals surface area contributed by atoms with Crippen LogP contribution in [-0.4, -0.2) is 19.3 Å². The second kappa shape index (κ2) is 6.39. The summed E-state index contributed by atoms with van der Waals surface area (Å²) in [6, 6.07) is 0. The van der Waals surface area contributed by atoms with Crippen LogP contribution in [0.4, 0.5) is 4.39 Å². The highest BCUT2D eigenvalue weighted by molar-refractivity contribution is 4.77. The van der Waals surface area contributed by atoms with E-state index in [2.05, 4.69) is 19.2 Å². The molecule has 1 fully saturated rings. The average Bonchev–Trinajstić information content (AvgIpc) is 2.26. The van der Waals surface area contributed by atoms with E-state index in [9.17, 15) is 4.39 Å². The van der Waals surface area contributed by atoms with E-state index in [1.165, 1.54) is 0 Å². The van der Waals surface area contributed by atoms with Crippen molar-refractivity contribution in [3.63, 3.8) is 0 Å². The van der Waals surface area contributed by atoms with Crippen molar-refractivity contribution in [2.75, 3.05) is 13.1 Å². The first-order valence-electron chi connectivity index (χ1n) is 6.12. The van der Waals surface area contributed by atoms with Gasteiger partial charge in [-0.25, -0.2) is 4.39 Å². The second-order valence-electron chi connectivity index (χ2n) is 4.54. The number of piperidine rings is 1. The molecule has 1 aliphatic rings. The quantitative estimate of drug-likeness (QED) is 0.720. The minimum atomic E-state index is -0.576. The molecule has 0 aromatic heterocycles. The zero-order valence-corrected chi connectivity index (χ0v) is 9.56. The lowest BCUT2D eigenvalue weighted by atomic mass is 9.87. The summed E-state index contributed by atoms with van der Waals surface area (Å²) in [6.45, 7) is 6.30. The lowest BCUT2D eigenvalue weighted by Crippen LogP contribution is -2.35. The van der Waals surface area contributed by atoms with Crippen LogP contribution in [0.2, 0.25) is 0 Å². The first-order valence-corrected chi connectivity index (χ1v) is 6.12. The molecule has 1 heterocycles. The third-order valence-corrected chi connectivity index (χ3v) is 3.56. The zero-order valence-electron chi connectivity index (χ0n) is 9.56. The maximum Gasteiger partial charge on any atom is 0.104 e. The van der Waals surface area contributed by atoms with Gasteiger partial charge in [-0.1, -0.05) is 26.7 Å². The highest BCUT2D eigenvalue weighted by atomic mass is 19.1. The molecule has 0 amide bonds. The number of alkyl halides is 1. The van der Waals surface area contributed by atoms with E-state index in [-0.39, 0.29) is 5.92 Å². The Hall–Kier alpha value is -0.110. The summed E-state index contributed by atoms with van der Waals surface area (Å²) in [5, 5.41) is 3.29. The molecule has 84 valence electrons. The SMILES string of the molecule is CCC(CC)CC(F)C1CCCNC1. The van der Waals surface area contributed by atoms with E-state index in [0.29, 0.717) is 5.92 Å². The van der Waals surface area contributed by atoms with Gasteiger partial charge >= 0.3 is 0 Å². The van der Waals surface area contributed by atoms with Crippen molar-refractivity contribution in [1.82, 2.24) is 5.32 Å². The summed E-state index contributed by atoms with van der Waals surface area (Å²) < 4.78 is 13.9. The summed E-state index contributed by atoms with van der Waals surface area (Å²) in [5.74, 6) is 0.872. The maximum atomic E-state index is 13.9. The smallest absolute Gasteiger partial charge is 0.104 e. The Balaban J connectivity index is 2.27. The topological polar surface area (TPSA) is 12.0 Å². The van der Waals surface area contributed by atoms with Gasteiger partial charge in [-0.2, -0.15) is 0 Å². The van der Waals surface area contributed by atoms with E-state index in [4.69, 9.17) is 0 Å². The zero-order chi connectivity index (χ0) is 10.4. The second-order valence-corrected chi connectivity index (χ2v) is 4.54. The van der Waals surface area contributed by atoms with Crippen LogP contribution in [0.1, 0.15) is 46.0 Å². The third kappa shape index (κ3) is 3.56. The first-order chi connectivity index (χ1) is 6.77. The fraction of sp³-hybridized carbons (Fsp3) is 1.00. The summed E-state index contributed by atoms with van der Waals surface area (Å²) in [5.41, 5.74) is 0. The van der Waals surface area contributed by atoms with Gasteiger partial charge in [0, 0.05) is 12.5 Å². The van der Waals surface area contributed by atoms with Crippen molar-refractivity contribution in [3.8, 4) is 0 Å². The minimum absolute atomic E-state index is 0.282. The molecule has 0 spiro atoms. The van der Waals surface area contributed by atoms with Crippen LogP contribution in [0.5, 0.6) is 0 Å². The Labute approximate surface area is 87.5 Å². The predicted octanol–water partition coefficient (Wildman–Crippen LogP) is 3.15. The van der Waals surface area contributed by atoms with Crippen LogP contribution in [-0.2, 0) is 0 Å². The summed E-state index contributed by atoms with van der Waals surface area (Å²) >= 11 is 0. The number of halogens is 1. The third-order valence-electron chi connectivity index (χ3n) is 3.56. The molecule has 0 aromatic rings. The molecule has 0 radical (unpaired) electrons. The number of nitrogens with one attached hydrogen (secondary N) is 1. The Kier molecular flexibility index (Phi) is 5.46. The van der Waals surface area contributed by atoms with E-state index < -0.39 is 6.17 Å². The number of hydrogen-bond acceptors (Lipinski definition) is 1. The van der Waals surface area contributed by atoms with E-state index in [0.717, 1.165) is 45.2 Å². The molecule has 2 atom stereocenters. The molecule has 14 heavy (non-hydrogen) atoms. The van der Waals surface area contributed by atoms with Crippen molar-refractivity contribution in [1.29, 1.82) is 0 Å². The van der Waals surface area contributed by atoms with Crippen LogP contribution < -0.4 is 5.32 Å². The fourth-order valence-corrected chi connectivity index (χ4v) is 2.32. The van der Waals surface area contributed by atoms with Gasteiger partial charge in [-0.15, -0.1) is 0 Å². The number of hydrogen-bond donors (Lipinski definition) is 1. The Morgan fingerprint density at radius 1 is 1.36 bits per heavy atom. The summed E-state index contributed by atoms with van der Waals surface area (Å²) in [6.07, 6.45) is 4.67. The van der Waals surface area contributed by atoms with Crippen molar-refractivity contribution < 1.29 is 4.39 Å². The summed E-state index contributed by atoms with van der Waals surface area (Å²) in [7, 11) is 0. The van der Waals surface area contributed by atoms with E-state index >= 15 is 0 Å². The van der Waals surface area contributed by atoms with Crippen molar-refractivity contribution >= 4 is 0 Å². The Morgan fingerprint density at radius 3 is 2.57 bits per heavy atom. The van der Waals surface area contributed by atoms with Gasteiger partial charge in [0.15, 0.2) is 0 Å². The van der Waals surface area contributed by atoms with Crippen LogP contribution in [0.3, 0.4) is 0 Å². The molecule has 0 aliphatic carbocycles. The lowest BCUT2D eigenvalue weighted by Gasteiger charge is -2.27. The van der Waals surface area contributed by atoms with Gasteiger partial charge in [0.1, 0.15) is 6.17 Å². The predicted molar refractivity (Wildman–Crippen MR) is 59.2 cm³/mol. The highest BCUT2D eigenvalue weighted by Gasteiger charge is 2.24. The standard InChI is InChI=1S/C12H24FN/c1-3-10(4-2)8-12(13)11-6-5-7-14-9-11/h10-12,14H,3-9H2,1-2H3. The molecule has 0 aromatic carbocycles. The van der Waals surface area contributed by atoms with Crippen molar-refractivity contribution in [2.45, 2.75) is 52.1 Å². The molecule has 1 N–H and O–H groups in total.